The quantitative estimate of drug-likeness (QED) is 0.734. The Kier molecular flexibility index (Phi) is 5.19. The van der Waals surface area contributed by atoms with Gasteiger partial charge in [-0.3, -0.25) is 5.32 Å². The molecule has 1 aromatic carbocycles. The molecule has 3 rings (SSSR count). The second kappa shape index (κ2) is 7.06. The third kappa shape index (κ3) is 4.05. The first-order chi connectivity index (χ1) is 11.8. The second-order valence-corrected chi connectivity index (χ2v) is 6.76. The average Bonchev–Trinajstić information content (AvgIpc) is 3.02. The monoisotopic (exact) mass is 373 g/mol. The van der Waals surface area contributed by atoms with Crippen molar-refractivity contribution < 1.29 is 34.0 Å². The Balaban J connectivity index is 1.70. The minimum absolute atomic E-state index is 0.494. The van der Waals surface area contributed by atoms with Gasteiger partial charge in [0.15, 0.2) is 24.3 Å². The van der Waals surface area contributed by atoms with Crippen LogP contribution in [0.4, 0.5) is 10.5 Å². The Morgan fingerprint density at radius 1 is 1.36 bits per heavy atom. The largest absolute Gasteiger partial charge is 0.440 e. The Labute approximate surface area is 149 Å². The van der Waals surface area contributed by atoms with E-state index >= 15 is 0 Å². The summed E-state index contributed by atoms with van der Waals surface area (Å²) in [7, 11) is 0. The van der Waals surface area contributed by atoms with Crippen LogP contribution >= 0.6 is 11.6 Å². The van der Waals surface area contributed by atoms with Crippen LogP contribution in [0.15, 0.2) is 24.3 Å². The lowest BCUT2D eigenvalue weighted by atomic mass is 10.1. The molecule has 2 saturated heterocycles. The van der Waals surface area contributed by atoms with E-state index in [0.29, 0.717) is 10.7 Å². The van der Waals surface area contributed by atoms with Gasteiger partial charge in [0.2, 0.25) is 0 Å². The minimum atomic E-state index is -1.24. The summed E-state index contributed by atoms with van der Waals surface area (Å²) in [5.41, 5.74) is 0.494. The molecule has 0 aromatic heterocycles. The second-order valence-electron chi connectivity index (χ2n) is 6.32. The molecule has 0 bridgehead atoms. The predicted octanol–water partition coefficient (Wildman–Crippen LogP) is 1.49. The number of amides is 1. The first-order valence-corrected chi connectivity index (χ1v) is 8.20. The van der Waals surface area contributed by atoms with Crippen LogP contribution in [0.2, 0.25) is 5.02 Å². The van der Waals surface area contributed by atoms with Gasteiger partial charge in [-0.1, -0.05) is 11.6 Å². The maximum Gasteiger partial charge on any atom is 0.412 e. The number of halogens is 1. The zero-order valence-corrected chi connectivity index (χ0v) is 14.5. The Morgan fingerprint density at radius 3 is 2.68 bits per heavy atom. The van der Waals surface area contributed by atoms with Crippen molar-refractivity contribution >= 4 is 23.4 Å². The summed E-state index contributed by atoms with van der Waals surface area (Å²) in [5.74, 6) is -0.904. The highest BCUT2D eigenvalue weighted by molar-refractivity contribution is 6.30. The third-order valence-corrected chi connectivity index (χ3v) is 4.18. The summed E-state index contributed by atoms with van der Waals surface area (Å²) in [6.07, 6.45) is -5.41. The molecule has 1 amide bonds. The van der Waals surface area contributed by atoms with E-state index in [1.807, 2.05) is 0 Å². The molecule has 0 saturated carbocycles. The van der Waals surface area contributed by atoms with Crippen LogP contribution < -0.4 is 5.32 Å². The lowest BCUT2D eigenvalue weighted by Crippen LogP contribution is -2.45. The molecule has 0 radical (unpaired) electrons. The number of anilines is 1. The number of hydrogen-bond donors (Lipinski definition) is 3. The van der Waals surface area contributed by atoms with Gasteiger partial charge in [-0.15, -0.1) is 0 Å². The highest BCUT2D eigenvalue weighted by Crippen LogP contribution is 2.39. The van der Waals surface area contributed by atoms with Crippen molar-refractivity contribution in [1.29, 1.82) is 0 Å². The molecule has 0 unspecified atom stereocenters. The van der Waals surface area contributed by atoms with Gasteiger partial charge in [-0.05, 0) is 38.1 Å². The Morgan fingerprint density at radius 2 is 2.04 bits per heavy atom. The maximum absolute atomic E-state index is 12.2. The molecular weight excluding hydrogens is 354 g/mol. The number of aliphatic hydroxyl groups is 2. The summed E-state index contributed by atoms with van der Waals surface area (Å²) >= 11 is 5.80. The van der Waals surface area contributed by atoms with Gasteiger partial charge in [0.25, 0.3) is 0 Å². The molecule has 25 heavy (non-hydrogen) atoms. The third-order valence-electron chi connectivity index (χ3n) is 3.93. The first-order valence-electron chi connectivity index (χ1n) is 7.82. The molecular formula is C16H20ClNO7. The number of carbonyl (C=O) groups excluding carboxylic acids is 1. The molecule has 9 heteroatoms. The minimum Gasteiger partial charge on any atom is -0.440 e. The highest BCUT2D eigenvalue weighted by atomic mass is 35.5. The zero-order valence-electron chi connectivity index (χ0n) is 13.7. The number of nitrogens with one attached hydrogen (secondary N) is 1. The normalized spacial score (nSPS) is 31.4. The van der Waals surface area contributed by atoms with Gasteiger partial charge < -0.3 is 29.2 Å². The van der Waals surface area contributed by atoms with Crippen LogP contribution in [0.5, 0.6) is 0 Å². The fraction of sp³-hybridized carbons (Fsp3) is 0.562. The molecule has 2 aliphatic rings. The molecule has 5 atom stereocenters. The van der Waals surface area contributed by atoms with Crippen LogP contribution in [0.3, 0.4) is 0 Å². The standard InChI is InChI=1S/C16H20ClNO7/c1-16(2)24-13-12(11(10(20)7-19)22-14(13)25-16)23-15(21)18-9-5-3-8(17)4-6-9/h3-6,10-14,19-20H,7H2,1-2H3,(H,18,21)/t10-,11-,12+,13-,14-/m1/s1. The van der Waals surface area contributed by atoms with Gasteiger partial charge in [0.1, 0.15) is 12.2 Å². The van der Waals surface area contributed by atoms with Crippen molar-refractivity contribution in [2.24, 2.45) is 0 Å². The summed E-state index contributed by atoms with van der Waals surface area (Å²) in [6, 6.07) is 6.49. The Hall–Kier alpha value is -1.42. The van der Waals surface area contributed by atoms with E-state index < -0.39 is 49.2 Å². The number of fused-ring (bicyclic) bond motifs is 1. The van der Waals surface area contributed by atoms with E-state index in [4.69, 9.17) is 30.5 Å². The van der Waals surface area contributed by atoms with Crippen LogP contribution in [0.1, 0.15) is 13.8 Å². The van der Waals surface area contributed by atoms with E-state index in [2.05, 4.69) is 5.32 Å². The van der Waals surface area contributed by atoms with Crippen molar-refractivity contribution in [3.8, 4) is 0 Å². The van der Waals surface area contributed by atoms with Gasteiger partial charge in [-0.25, -0.2) is 4.79 Å². The molecule has 138 valence electrons. The fourth-order valence-electron chi connectivity index (χ4n) is 2.86. The lowest BCUT2D eigenvalue weighted by Gasteiger charge is -2.27. The number of hydrogen-bond acceptors (Lipinski definition) is 7. The fourth-order valence-corrected chi connectivity index (χ4v) is 2.98. The molecule has 2 fully saturated rings. The molecule has 8 nitrogen and oxygen atoms in total. The first kappa shape index (κ1) is 18.4. The van der Waals surface area contributed by atoms with E-state index in [-0.39, 0.29) is 0 Å². The Bertz CT molecular complexity index is 623. The van der Waals surface area contributed by atoms with Gasteiger partial charge >= 0.3 is 6.09 Å². The summed E-state index contributed by atoms with van der Waals surface area (Å²) in [6.45, 7) is 2.86. The van der Waals surface area contributed by atoms with Crippen molar-refractivity contribution in [3.63, 3.8) is 0 Å². The van der Waals surface area contributed by atoms with Gasteiger partial charge in [0, 0.05) is 10.7 Å². The molecule has 1 aromatic rings. The van der Waals surface area contributed by atoms with E-state index in [0.717, 1.165) is 0 Å². The zero-order chi connectivity index (χ0) is 18.2. The van der Waals surface area contributed by atoms with Crippen molar-refractivity contribution in [3.05, 3.63) is 29.3 Å². The molecule has 2 heterocycles. The van der Waals surface area contributed by atoms with Crippen molar-refractivity contribution in [1.82, 2.24) is 0 Å². The maximum atomic E-state index is 12.2. The molecule has 0 aliphatic carbocycles. The highest BCUT2D eigenvalue weighted by Gasteiger charge is 2.58. The van der Waals surface area contributed by atoms with Gasteiger partial charge in [-0.2, -0.15) is 0 Å². The number of rotatable bonds is 4. The lowest BCUT2D eigenvalue weighted by molar-refractivity contribution is -0.227. The molecule has 2 aliphatic heterocycles. The number of carbonyl (C=O) groups is 1. The topological polar surface area (TPSA) is 106 Å². The summed E-state index contributed by atoms with van der Waals surface area (Å²) in [5, 5.41) is 22.2. The summed E-state index contributed by atoms with van der Waals surface area (Å²) < 4.78 is 22.3. The average molecular weight is 374 g/mol. The van der Waals surface area contributed by atoms with Crippen LogP contribution in [-0.4, -0.2) is 59.4 Å². The van der Waals surface area contributed by atoms with Crippen molar-refractivity contribution in [2.45, 2.75) is 50.3 Å². The smallest absolute Gasteiger partial charge is 0.412 e. The predicted molar refractivity (Wildman–Crippen MR) is 87.1 cm³/mol. The summed E-state index contributed by atoms with van der Waals surface area (Å²) in [4.78, 5) is 12.2. The molecule has 3 N–H and O–H groups in total. The van der Waals surface area contributed by atoms with Crippen LogP contribution in [0.25, 0.3) is 0 Å². The molecule has 0 spiro atoms. The van der Waals surface area contributed by atoms with E-state index in [1.165, 1.54) is 0 Å². The van der Waals surface area contributed by atoms with Crippen LogP contribution in [-0.2, 0) is 18.9 Å². The van der Waals surface area contributed by atoms with E-state index in [9.17, 15) is 15.0 Å². The number of benzene rings is 1. The number of aliphatic hydroxyl groups excluding tert-OH is 2. The van der Waals surface area contributed by atoms with Crippen molar-refractivity contribution in [2.75, 3.05) is 11.9 Å². The SMILES string of the molecule is CC1(C)O[C@H]2O[C@H]([C@H](O)CO)[C@H](OC(=O)Nc3ccc(Cl)cc3)[C@H]2O1. The number of ether oxygens (including phenoxy) is 4. The van der Waals surface area contributed by atoms with Crippen LogP contribution in [0, 0.1) is 0 Å². The van der Waals surface area contributed by atoms with Gasteiger partial charge in [0.05, 0.1) is 6.61 Å². The van der Waals surface area contributed by atoms with E-state index in [1.54, 1.807) is 38.1 Å².